The smallest absolute Gasteiger partial charge is 0.222 e. The van der Waals surface area contributed by atoms with Crippen LogP contribution in [0.2, 0.25) is 0 Å². The lowest BCUT2D eigenvalue weighted by molar-refractivity contribution is -0.130. The molecule has 3 nitrogen and oxygen atoms in total. The highest BCUT2D eigenvalue weighted by Crippen LogP contribution is 2.27. The fourth-order valence-corrected chi connectivity index (χ4v) is 2.93. The summed E-state index contributed by atoms with van der Waals surface area (Å²) in [6.07, 6.45) is 8.94. The molecule has 2 rings (SSSR count). The number of aliphatic hydroxyl groups is 1. The predicted octanol–water partition coefficient (Wildman–Crippen LogP) is 1.94. The van der Waals surface area contributed by atoms with E-state index in [4.69, 9.17) is 0 Å². The third-order valence-electron chi connectivity index (χ3n) is 4.01. The topological polar surface area (TPSA) is 40.5 Å². The molecule has 0 aromatic carbocycles. The summed E-state index contributed by atoms with van der Waals surface area (Å²) >= 11 is 0. The van der Waals surface area contributed by atoms with Gasteiger partial charge in [-0.3, -0.25) is 4.79 Å². The minimum Gasteiger partial charge on any atom is -0.391 e. The van der Waals surface area contributed by atoms with E-state index in [2.05, 4.69) is 0 Å². The molecule has 1 aliphatic heterocycles. The van der Waals surface area contributed by atoms with Crippen LogP contribution in [0.15, 0.2) is 0 Å². The average molecular weight is 225 g/mol. The molecular weight excluding hydrogens is 202 g/mol. The zero-order valence-corrected chi connectivity index (χ0v) is 10.0. The Hall–Kier alpha value is -0.570. The van der Waals surface area contributed by atoms with Crippen molar-refractivity contribution in [2.75, 3.05) is 13.1 Å². The van der Waals surface area contributed by atoms with Gasteiger partial charge in [-0.25, -0.2) is 0 Å². The Kier molecular flexibility index (Phi) is 4.22. The maximum absolute atomic E-state index is 11.8. The molecule has 2 fully saturated rings. The first-order valence-electron chi connectivity index (χ1n) is 6.71. The van der Waals surface area contributed by atoms with Crippen LogP contribution in [0.5, 0.6) is 0 Å². The Morgan fingerprint density at radius 3 is 2.56 bits per heavy atom. The number of likely N-dealkylation sites (tertiary alicyclic amines) is 1. The predicted molar refractivity (Wildman–Crippen MR) is 63.0 cm³/mol. The first kappa shape index (κ1) is 11.9. The van der Waals surface area contributed by atoms with Gasteiger partial charge in [-0.2, -0.15) is 0 Å². The Morgan fingerprint density at radius 2 is 1.94 bits per heavy atom. The number of hydrogen-bond acceptors (Lipinski definition) is 2. The second-order valence-electron chi connectivity index (χ2n) is 5.32. The number of aliphatic hydroxyl groups excluding tert-OH is 1. The molecule has 0 radical (unpaired) electrons. The van der Waals surface area contributed by atoms with Crippen LogP contribution in [-0.4, -0.2) is 35.1 Å². The maximum atomic E-state index is 11.8. The molecule has 0 aromatic rings. The number of nitrogens with zero attached hydrogens (tertiary/aromatic N) is 1. The van der Waals surface area contributed by atoms with Gasteiger partial charge in [0.05, 0.1) is 6.10 Å². The first-order valence-corrected chi connectivity index (χ1v) is 6.71. The highest BCUT2D eigenvalue weighted by Gasteiger charge is 2.24. The van der Waals surface area contributed by atoms with Crippen LogP contribution in [0.3, 0.4) is 0 Å². The third kappa shape index (κ3) is 3.21. The summed E-state index contributed by atoms with van der Waals surface area (Å²) in [5.74, 6) is 1.03. The summed E-state index contributed by atoms with van der Waals surface area (Å²) in [6, 6.07) is 0. The summed E-state index contributed by atoms with van der Waals surface area (Å²) in [4.78, 5) is 13.7. The van der Waals surface area contributed by atoms with Crippen molar-refractivity contribution in [2.24, 2.45) is 5.92 Å². The zero-order chi connectivity index (χ0) is 11.4. The molecular formula is C13H23NO2. The molecule has 0 spiro atoms. The van der Waals surface area contributed by atoms with E-state index in [9.17, 15) is 9.90 Å². The van der Waals surface area contributed by atoms with Crippen LogP contribution >= 0.6 is 0 Å². The molecule has 1 atom stereocenters. The second-order valence-corrected chi connectivity index (χ2v) is 5.32. The first-order chi connectivity index (χ1) is 7.75. The molecule has 1 N–H and O–H groups in total. The number of carbonyl (C=O) groups excluding carboxylic acids is 1. The molecule has 0 aromatic heterocycles. The molecule has 3 heteroatoms. The van der Waals surface area contributed by atoms with E-state index >= 15 is 0 Å². The number of amides is 1. The van der Waals surface area contributed by atoms with Gasteiger partial charge in [0.2, 0.25) is 5.91 Å². The van der Waals surface area contributed by atoms with E-state index in [0.29, 0.717) is 13.0 Å². The Balaban J connectivity index is 1.67. The normalized spacial score (nSPS) is 27.3. The van der Waals surface area contributed by atoms with Crippen molar-refractivity contribution in [3.8, 4) is 0 Å². The molecule has 1 aliphatic carbocycles. The Morgan fingerprint density at radius 1 is 1.19 bits per heavy atom. The fourth-order valence-electron chi connectivity index (χ4n) is 2.93. The van der Waals surface area contributed by atoms with Crippen molar-refractivity contribution in [1.29, 1.82) is 0 Å². The van der Waals surface area contributed by atoms with Crippen LogP contribution < -0.4 is 0 Å². The van der Waals surface area contributed by atoms with Crippen LogP contribution in [-0.2, 0) is 4.79 Å². The van der Waals surface area contributed by atoms with Crippen molar-refractivity contribution in [3.05, 3.63) is 0 Å². The quantitative estimate of drug-likeness (QED) is 0.797. The second kappa shape index (κ2) is 5.67. The minimum atomic E-state index is -0.279. The van der Waals surface area contributed by atoms with Gasteiger partial charge in [0.15, 0.2) is 0 Å². The van der Waals surface area contributed by atoms with E-state index in [1.54, 1.807) is 0 Å². The summed E-state index contributed by atoms with van der Waals surface area (Å²) in [5.41, 5.74) is 0. The van der Waals surface area contributed by atoms with Gasteiger partial charge >= 0.3 is 0 Å². The average Bonchev–Trinajstić information content (AvgIpc) is 2.74. The van der Waals surface area contributed by atoms with E-state index in [1.165, 1.54) is 32.1 Å². The van der Waals surface area contributed by atoms with Crippen molar-refractivity contribution in [3.63, 3.8) is 0 Å². The summed E-state index contributed by atoms with van der Waals surface area (Å²) in [7, 11) is 0. The summed E-state index contributed by atoms with van der Waals surface area (Å²) in [6.45, 7) is 1.31. The molecule has 2 aliphatic rings. The van der Waals surface area contributed by atoms with Crippen molar-refractivity contribution in [2.45, 2.75) is 57.5 Å². The van der Waals surface area contributed by atoms with Gasteiger partial charge in [-0.15, -0.1) is 0 Å². The van der Waals surface area contributed by atoms with E-state index in [1.807, 2.05) is 4.90 Å². The lowest BCUT2D eigenvalue weighted by Gasteiger charge is -2.22. The molecule has 1 saturated carbocycles. The van der Waals surface area contributed by atoms with Crippen LogP contribution in [0.1, 0.15) is 51.4 Å². The van der Waals surface area contributed by atoms with Crippen LogP contribution in [0.25, 0.3) is 0 Å². The summed E-state index contributed by atoms with van der Waals surface area (Å²) in [5, 5.41) is 9.37. The zero-order valence-electron chi connectivity index (χ0n) is 10.0. The third-order valence-corrected chi connectivity index (χ3v) is 4.01. The summed E-state index contributed by atoms with van der Waals surface area (Å²) < 4.78 is 0. The molecule has 92 valence electrons. The number of β-amino-alcohol motifs (C(OH)–C–C–N with tert-alkyl or cyclic N) is 1. The van der Waals surface area contributed by atoms with Crippen molar-refractivity contribution >= 4 is 5.91 Å². The van der Waals surface area contributed by atoms with Crippen molar-refractivity contribution in [1.82, 2.24) is 4.90 Å². The van der Waals surface area contributed by atoms with E-state index in [0.717, 1.165) is 25.3 Å². The number of rotatable bonds is 3. The molecule has 1 amide bonds. The van der Waals surface area contributed by atoms with Crippen LogP contribution in [0.4, 0.5) is 0 Å². The van der Waals surface area contributed by atoms with Crippen molar-refractivity contribution < 1.29 is 9.90 Å². The lowest BCUT2D eigenvalue weighted by Crippen LogP contribution is -2.29. The van der Waals surface area contributed by atoms with Gasteiger partial charge in [-0.1, -0.05) is 32.1 Å². The molecule has 0 bridgehead atoms. The molecule has 1 saturated heterocycles. The molecule has 0 unspecified atom stereocenters. The number of hydrogen-bond donors (Lipinski definition) is 1. The van der Waals surface area contributed by atoms with Crippen LogP contribution in [0, 0.1) is 5.92 Å². The minimum absolute atomic E-state index is 0.252. The maximum Gasteiger partial charge on any atom is 0.222 e. The highest BCUT2D eigenvalue weighted by molar-refractivity contribution is 5.76. The van der Waals surface area contributed by atoms with Gasteiger partial charge in [-0.05, 0) is 18.8 Å². The number of carbonyl (C=O) groups is 1. The SMILES string of the molecule is O=C(CCC1CCCCC1)N1CC[C@@H](O)C1. The molecule has 16 heavy (non-hydrogen) atoms. The van der Waals surface area contributed by atoms with Gasteiger partial charge < -0.3 is 10.0 Å². The Labute approximate surface area is 97.8 Å². The monoisotopic (exact) mass is 225 g/mol. The van der Waals surface area contributed by atoms with Gasteiger partial charge in [0, 0.05) is 19.5 Å². The fraction of sp³-hybridized carbons (Fsp3) is 0.923. The van der Waals surface area contributed by atoms with Gasteiger partial charge in [0.1, 0.15) is 0 Å². The van der Waals surface area contributed by atoms with Gasteiger partial charge in [0.25, 0.3) is 0 Å². The van der Waals surface area contributed by atoms with E-state index < -0.39 is 0 Å². The standard InChI is InChI=1S/C13H23NO2/c15-12-8-9-14(10-12)13(16)7-6-11-4-2-1-3-5-11/h11-12,15H,1-10H2/t12-/m1/s1. The molecule has 1 heterocycles. The van der Waals surface area contributed by atoms with E-state index in [-0.39, 0.29) is 12.0 Å². The largest absolute Gasteiger partial charge is 0.391 e. The lowest BCUT2D eigenvalue weighted by atomic mass is 9.86. The highest BCUT2D eigenvalue weighted by atomic mass is 16.3. The Bertz CT molecular complexity index is 236.